The molecule has 0 atom stereocenters. The normalized spacial score (nSPS) is 9.28. The number of para-hydroxylation sites is 1. The van der Waals surface area contributed by atoms with Crippen molar-refractivity contribution in [2.75, 3.05) is 10.6 Å². The second-order valence-corrected chi connectivity index (χ2v) is 3.33. The predicted molar refractivity (Wildman–Crippen MR) is 65.8 cm³/mol. The summed E-state index contributed by atoms with van der Waals surface area (Å²) in [6, 6.07) is 8.25. The first-order chi connectivity index (χ1) is 8.79. The van der Waals surface area contributed by atoms with Crippen molar-refractivity contribution in [1.29, 1.82) is 5.26 Å². The Morgan fingerprint density at radius 1 is 1.22 bits per heavy atom. The summed E-state index contributed by atoms with van der Waals surface area (Å²) < 4.78 is 0. The summed E-state index contributed by atoms with van der Waals surface area (Å²) in [5.74, 6) is 0.337. The van der Waals surface area contributed by atoms with E-state index in [0.29, 0.717) is 17.1 Å². The molecule has 0 aliphatic carbocycles. The lowest BCUT2D eigenvalue weighted by Crippen LogP contribution is -2.20. The molecular formula is C12H9N5O. The molecule has 2 aromatic rings. The average molecular weight is 239 g/mol. The van der Waals surface area contributed by atoms with Crippen molar-refractivity contribution in [2.45, 2.75) is 0 Å². The van der Waals surface area contributed by atoms with Gasteiger partial charge in [-0.25, -0.2) is 9.78 Å². The number of carbonyl (C=O) groups is 1. The van der Waals surface area contributed by atoms with Gasteiger partial charge in [-0.3, -0.25) is 10.3 Å². The van der Waals surface area contributed by atoms with Gasteiger partial charge in [0.1, 0.15) is 6.07 Å². The number of nitriles is 1. The second kappa shape index (κ2) is 5.41. The molecule has 0 saturated carbocycles. The number of carbonyl (C=O) groups excluding carboxylic acids is 1. The molecule has 2 rings (SSSR count). The Labute approximate surface area is 103 Å². The number of benzene rings is 1. The molecule has 1 aromatic carbocycles. The van der Waals surface area contributed by atoms with Crippen LogP contribution in [0.5, 0.6) is 0 Å². The third-order valence-electron chi connectivity index (χ3n) is 2.10. The van der Waals surface area contributed by atoms with E-state index >= 15 is 0 Å². The molecule has 88 valence electrons. The third kappa shape index (κ3) is 2.80. The van der Waals surface area contributed by atoms with E-state index in [4.69, 9.17) is 5.26 Å². The van der Waals surface area contributed by atoms with Crippen LogP contribution in [-0.4, -0.2) is 16.0 Å². The Balaban J connectivity index is 2.06. The van der Waals surface area contributed by atoms with Gasteiger partial charge in [-0.15, -0.1) is 0 Å². The Kier molecular flexibility index (Phi) is 3.47. The van der Waals surface area contributed by atoms with Crippen molar-refractivity contribution in [3.05, 3.63) is 48.4 Å². The number of hydrogen-bond donors (Lipinski definition) is 2. The van der Waals surface area contributed by atoms with E-state index in [2.05, 4.69) is 20.6 Å². The molecule has 0 unspecified atom stereocenters. The van der Waals surface area contributed by atoms with Gasteiger partial charge in [0.05, 0.1) is 17.4 Å². The van der Waals surface area contributed by atoms with Crippen LogP contribution >= 0.6 is 0 Å². The summed E-state index contributed by atoms with van der Waals surface area (Å²) in [5, 5.41) is 14.0. The zero-order valence-electron chi connectivity index (χ0n) is 9.29. The van der Waals surface area contributed by atoms with Crippen LogP contribution in [0, 0.1) is 11.3 Å². The fraction of sp³-hybridized carbons (Fsp3) is 0. The smallest absolute Gasteiger partial charge is 0.306 e. The third-order valence-corrected chi connectivity index (χ3v) is 2.10. The zero-order valence-corrected chi connectivity index (χ0v) is 9.29. The van der Waals surface area contributed by atoms with Crippen molar-refractivity contribution in [2.24, 2.45) is 0 Å². The first-order valence-electron chi connectivity index (χ1n) is 5.13. The number of hydrogen-bond acceptors (Lipinski definition) is 4. The number of anilines is 2. The van der Waals surface area contributed by atoms with Gasteiger partial charge in [-0.05, 0) is 12.1 Å². The lowest BCUT2D eigenvalue weighted by molar-refractivity contribution is 0.262. The van der Waals surface area contributed by atoms with Gasteiger partial charge in [0.25, 0.3) is 0 Å². The topological polar surface area (TPSA) is 90.7 Å². The van der Waals surface area contributed by atoms with Crippen LogP contribution in [-0.2, 0) is 0 Å². The molecular weight excluding hydrogens is 230 g/mol. The molecule has 1 aromatic heterocycles. The molecule has 1 heterocycles. The van der Waals surface area contributed by atoms with E-state index in [9.17, 15) is 4.79 Å². The minimum absolute atomic E-state index is 0.337. The van der Waals surface area contributed by atoms with Crippen molar-refractivity contribution < 1.29 is 4.79 Å². The van der Waals surface area contributed by atoms with Crippen molar-refractivity contribution >= 4 is 17.5 Å². The van der Waals surface area contributed by atoms with Crippen LogP contribution in [0.15, 0.2) is 42.9 Å². The summed E-state index contributed by atoms with van der Waals surface area (Å²) in [5.41, 5.74) is 0.841. The van der Waals surface area contributed by atoms with Gasteiger partial charge < -0.3 is 5.32 Å². The summed E-state index contributed by atoms with van der Waals surface area (Å²) in [4.78, 5) is 19.4. The molecule has 0 fully saturated rings. The first-order valence-corrected chi connectivity index (χ1v) is 5.13. The molecule has 18 heavy (non-hydrogen) atoms. The van der Waals surface area contributed by atoms with Crippen molar-refractivity contribution in [3.63, 3.8) is 0 Å². The van der Waals surface area contributed by atoms with Crippen LogP contribution in [0.2, 0.25) is 0 Å². The number of nitrogens with zero attached hydrogens (tertiary/aromatic N) is 3. The highest BCUT2D eigenvalue weighted by Gasteiger charge is 2.06. The highest BCUT2D eigenvalue weighted by atomic mass is 16.2. The minimum Gasteiger partial charge on any atom is -0.306 e. The maximum atomic E-state index is 11.7. The quantitative estimate of drug-likeness (QED) is 0.838. The molecule has 0 aliphatic heterocycles. The molecule has 2 amide bonds. The standard InChI is InChI=1S/C12H9N5O/c13-7-9-3-1-2-4-10(9)16-12(18)17-11-8-14-5-6-15-11/h1-6,8H,(H2,15,16,17,18). The molecule has 6 heteroatoms. The number of aromatic nitrogens is 2. The lowest BCUT2D eigenvalue weighted by Gasteiger charge is -2.07. The van der Waals surface area contributed by atoms with Gasteiger partial charge in [-0.2, -0.15) is 5.26 Å². The molecule has 0 bridgehead atoms. The predicted octanol–water partition coefficient (Wildman–Crippen LogP) is 1.99. The van der Waals surface area contributed by atoms with Crippen LogP contribution in [0.25, 0.3) is 0 Å². The van der Waals surface area contributed by atoms with Gasteiger partial charge in [0, 0.05) is 12.4 Å². The second-order valence-electron chi connectivity index (χ2n) is 3.33. The molecule has 2 N–H and O–H groups in total. The van der Waals surface area contributed by atoms with E-state index < -0.39 is 6.03 Å². The summed E-state index contributed by atoms with van der Waals surface area (Å²) in [7, 11) is 0. The van der Waals surface area contributed by atoms with E-state index in [1.54, 1.807) is 24.3 Å². The number of urea groups is 1. The van der Waals surface area contributed by atoms with Gasteiger partial charge in [0.2, 0.25) is 0 Å². The van der Waals surface area contributed by atoms with E-state index in [1.807, 2.05) is 6.07 Å². The fourth-order valence-electron chi connectivity index (χ4n) is 1.32. The summed E-state index contributed by atoms with van der Waals surface area (Å²) in [6.07, 6.45) is 4.41. The van der Waals surface area contributed by atoms with Gasteiger partial charge in [0.15, 0.2) is 5.82 Å². The number of nitrogens with one attached hydrogen (secondary N) is 2. The minimum atomic E-state index is -0.474. The Morgan fingerprint density at radius 2 is 2.06 bits per heavy atom. The lowest BCUT2D eigenvalue weighted by atomic mass is 10.2. The van der Waals surface area contributed by atoms with Crippen LogP contribution < -0.4 is 10.6 Å². The van der Waals surface area contributed by atoms with E-state index in [1.165, 1.54) is 18.6 Å². The van der Waals surface area contributed by atoms with E-state index in [0.717, 1.165) is 0 Å². The molecule has 0 radical (unpaired) electrons. The Bertz CT molecular complexity index is 591. The van der Waals surface area contributed by atoms with Crippen molar-refractivity contribution in [1.82, 2.24) is 9.97 Å². The summed E-state index contributed by atoms with van der Waals surface area (Å²) >= 11 is 0. The van der Waals surface area contributed by atoms with Crippen LogP contribution in [0.1, 0.15) is 5.56 Å². The fourth-order valence-corrected chi connectivity index (χ4v) is 1.32. The monoisotopic (exact) mass is 239 g/mol. The van der Waals surface area contributed by atoms with Gasteiger partial charge in [-0.1, -0.05) is 12.1 Å². The first kappa shape index (κ1) is 11.5. The van der Waals surface area contributed by atoms with Crippen molar-refractivity contribution in [3.8, 4) is 6.07 Å². The van der Waals surface area contributed by atoms with E-state index in [-0.39, 0.29) is 0 Å². The van der Waals surface area contributed by atoms with Crippen LogP contribution in [0.3, 0.4) is 0 Å². The molecule has 0 spiro atoms. The Morgan fingerprint density at radius 3 is 2.78 bits per heavy atom. The molecule has 0 saturated heterocycles. The number of amides is 2. The largest absolute Gasteiger partial charge is 0.324 e. The van der Waals surface area contributed by atoms with Gasteiger partial charge >= 0.3 is 6.03 Å². The SMILES string of the molecule is N#Cc1ccccc1NC(=O)Nc1cnccn1. The highest BCUT2D eigenvalue weighted by Crippen LogP contribution is 2.13. The Hall–Kier alpha value is -2.94. The highest BCUT2D eigenvalue weighted by molar-refractivity contribution is 5.99. The zero-order chi connectivity index (χ0) is 12.8. The molecule has 6 nitrogen and oxygen atoms in total. The molecule has 0 aliphatic rings. The maximum absolute atomic E-state index is 11.7. The average Bonchev–Trinajstić information content (AvgIpc) is 2.40. The number of rotatable bonds is 2. The van der Waals surface area contributed by atoms with Crippen LogP contribution in [0.4, 0.5) is 16.3 Å². The maximum Gasteiger partial charge on any atom is 0.324 e. The summed E-state index contributed by atoms with van der Waals surface area (Å²) in [6.45, 7) is 0.